The lowest BCUT2D eigenvalue weighted by atomic mass is 9.98. The summed E-state index contributed by atoms with van der Waals surface area (Å²) in [6.07, 6.45) is 4.00. The zero-order valence-electron chi connectivity index (χ0n) is 13.2. The van der Waals surface area contributed by atoms with Crippen molar-refractivity contribution in [3.05, 3.63) is 48.0 Å². The van der Waals surface area contributed by atoms with E-state index in [2.05, 4.69) is 66.7 Å². The van der Waals surface area contributed by atoms with Gasteiger partial charge in [-0.25, -0.2) is 0 Å². The van der Waals surface area contributed by atoms with Gasteiger partial charge in [0.1, 0.15) is 0 Å². The van der Waals surface area contributed by atoms with Crippen LogP contribution in [0.15, 0.2) is 42.5 Å². The molecule has 1 N–H and O–H groups in total. The highest BCUT2D eigenvalue weighted by molar-refractivity contribution is 5.86. The highest BCUT2D eigenvalue weighted by Gasteiger charge is 2.30. The molecule has 3 rings (SSSR count). The predicted octanol–water partition coefficient (Wildman–Crippen LogP) is 3.97. The van der Waals surface area contributed by atoms with E-state index < -0.39 is 0 Å². The number of benzene rings is 2. The Morgan fingerprint density at radius 3 is 2.62 bits per heavy atom. The lowest BCUT2D eigenvalue weighted by molar-refractivity contribution is 0.237. The summed E-state index contributed by atoms with van der Waals surface area (Å²) in [6, 6.07) is 16.6. The van der Waals surface area contributed by atoms with Crippen LogP contribution < -0.4 is 5.32 Å². The molecule has 2 heteroatoms. The van der Waals surface area contributed by atoms with Crippen LogP contribution in [0.4, 0.5) is 0 Å². The van der Waals surface area contributed by atoms with E-state index >= 15 is 0 Å². The molecule has 0 aromatic heterocycles. The lowest BCUT2D eigenvalue weighted by Gasteiger charge is -2.28. The number of nitrogens with one attached hydrogen (secondary N) is 1. The van der Waals surface area contributed by atoms with E-state index in [1.54, 1.807) is 0 Å². The van der Waals surface area contributed by atoms with E-state index in [9.17, 15) is 0 Å². The Morgan fingerprint density at radius 1 is 1.14 bits per heavy atom. The Hall–Kier alpha value is -1.38. The molecule has 21 heavy (non-hydrogen) atoms. The van der Waals surface area contributed by atoms with Crippen molar-refractivity contribution in [2.45, 2.75) is 38.3 Å². The molecule has 0 aliphatic heterocycles. The van der Waals surface area contributed by atoms with Crippen molar-refractivity contribution >= 4 is 10.8 Å². The zero-order chi connectivity index (χ0) is 14.7. The second kappa shape index (κ2) is 6.59. The smallest absolute Gasteiger partial charge is 0.0453 e. The summed E-state index contributed by atoms with van der Waals surface area (Å²) in [4.78, 5) is 2.67. The maximum absolute atomic E-state index is 3.54. The number of rotatable bonds is 7. The Labute approximate surface area is 128 Å². The van der Waals surface area contributed by atoms with Crippen LogP contribution in [0, 0.1) is 0 Å². The van der Waals surface area contributed by atoms with Crippen molar-refractivity contribution in [3.63, 3.8) is 0 Å². The molecular formula is C19H26N2. The van der Waals surface area contributed by atoms with Crippen LogP contribution in [-0.4, -0.2) is 31.1 Å². The first-order chi connectivity index (χ1) is 10.3. The summed E-state index contributed by atoms with van der Waals surface area (Å²) in [6.45, 7) is 4.61. The lowest BCUT2D eigenvalue weighted by Crippen LogP contribution is -2.36. The first-order valence-corrected chi connectivity index (χ1v) is 8.22. The number of nitrogens with zero attached hydrogens (tertiary/aromatic N) is 1. The molecule has 1 unspecified atom stereocenters. The average molecular weight is 282 g/mol. The van der Waals surface area contributed by atoms with Crippen molar-refractivity contribution < 1.29 is 0 Å². The van der Waals surface area contributed by atoms with Crippen LogP contribution in [0.3, 0.4) is 0 Å². The average Bonchev–Trinajstić information content (AvgIpc) is 3.36. The molecule has 2 aromatic carbocycles. The van der Waals surface area contributed by atoms with Gasteiger partial charge in [0.15, 0.2) is 0 Å². The van der Waals surface area contributed by atoms with Gasteiger partial charge < -0.3 is 5.32 Å². The molecule has 0 spiro atoms. The summed E-state index contributed by atoms with van der Waals surface area (Å²) in [5, 5.41) is 6.26. The Balaban J connectivity index is 1.87. The van der Waals surface area contributed by atoms with Crippen LogP contribution >= 0.6 is 0 Å². The molecule has 1 atom stereocenters. The minimum Gasteiger partial charge on any atom is -0.312 e. The Bertz CT molecular complexity index is 584. The second-order valence-electron chi connectivity index (χ2n) is 6.14. The molecule has 1 aliphatic carbocycles. The van der Waals surface area contributed by atoms with Crippen LogP contribution in [-0.2, 0) is 0 Å². The van der Waals surface area contributed by atoms with Crippen LogP contribution in [0.2, 0.25) is 0 Å². The SMILES string of the molecule is CCCN(CC(NC)c1cccc2ccccc12)C1CC1. The van der Waals surface area contributed by atoms with E-state index in [0.29, 0.717) is 6.04 Å². The normalized spacial score (nSPS) is 16.5. The molecule has 0 saturated heterocycles. The topological polar surface area (TPSA) is 15.3 Å². The van der Waals surface area contributed by atoms with E-state index in [-0.39, 0.29) is 0 Å². The Morgan fingerprint density at radius 2 is 1.90 bits per heavy atom. The van der Waals surface area contributed by atoms with Gasteiger partial charge in [-0.15, -0.1) is 0 Å². The molecular weight excluding hydrogens is 256 g/mol. The number of likely N-dealkylation sites (N-methyl/N-ethyl adjacent to an activating group) is 1. The molecule has 1 aliphatic rings. The fourth-order valence-electron chi connectivity index (χ4n) is 3.28. The van der Waals surface area contributed by atoms with E-state index in [4.69, 9.17) is 0 Å². The third-order valence-corrected chi connectivity index (χ3v) is 4.54. The standard InChI is InChI=1S/C19H26N2/c1-3-13-21(16-11-12-16)14-19(20-2)18-10-6-8-15-7-4-5-9-17(15)18/h4-10,16,19-20H,3,11-14H2,1-2H3. The quantitative estimate of drug-likeness (QED) is 0.826. The van der Waals surface area contributed by atoms with E-state index in [1.807, 2.05) is 0 Å². The van der Waals surface area contributed by atoms with Gasteiger partial charge in [0, 0.05) is 18.6 Å². The van der Waals surface area contributed by atoms with Gasteiger partial charge in [-0.2, -0.15) is 0 Å². The third-order valence-electron chi connectivity index (χ3n) is 4.54. The van der Waals surface area contributed by atoms with Crippen molar-refractivity contribution in [3.8, 4) is 0 Å². The summed E-state index contributed by atoms with van der Waals surface area (Å²) >= 11 is 0. The van der Waals surface area contributed by atoms with Crippen molar-refractivity contribution in [2.24, 2.45) is 0 Å². The number of hydrogen-bond acceptors (Lipinski definition) is 2. The molecule has 0 amide bonds. The van der Waals surface area contributed by atoms with Crippen LogP contribution in [0.25, 0.3) is 10.8 Å². The molecule has 1 fully saturated rings. The fraction of sp³-hybridized carbons (Fsp3) is 0.474. The van der Waals surface area contributed by atoms with Crippen molar-refractivity contribution in [1.29, 1.82) is 0 Å². The summed E-state index contributed by atoms with van der Waals surface area (Å²) in [5.41, 5.74) is 1.43. The molecule has 0 radical (unpaired) electrons. The maximum Gasteiger partial charge on any atom is 0.0453 e. The van der Waals surface area contributed by atoms with Gasteiger partial charge in [-0.05, 0) is 49.2 Å². The molecule has 1 saturated carbocycles. The minimum atomic E-state index is 0.406. The van der Waals surface area contributed by atoms with Crippen molar-refractivity contribution in [1.82, 2.24) is 10.2 Å². The molecule has 0 heterocycles. The largest absolute Gasteiger partial charge is 0.312 e. The van der Waals surface area contributed by atoms with Crippen molar-refractivity contribution in [2.75, 3.05) is 20.1 Å². The zero-order valence-corrected chi connectivity index (χ0v) is 13.2. The van der Waals surface area contributed by atoms with Gasteiger partial charge in [0.2, 0.25) is 0 Å². The predicted molar refractivity (Wildman–Crippen MR) is 90.6 cm³/mol. The molecule has 2 aromatic rings. The second-order valence-corrected chi connectivity index (χ2v) is 6.14. The van der Waals surface area contributed by atoms with Crippen LogP contribution in [0.5, 0.6) is 0 Å². The maximum atomic E-state index is 3.54. The third kappa shape index (κ3) is 3.28. The number of fused-ring (bicyclic) bond motifs is 1. The van der Waals surface area contributed by atoms with Gasteiger partial charge in [0.25, 0.3) is 0 Å². The summed E-state index contributed by atoms with van der Waals surface area (Å²) < 4.78 is 0. The highest BCUT2D eigenvalue weighted by Crippen LogP contribution is 2.30. The van der Waals surface area contributed by atoms with Gasteiger partial charge >= 0.3 is 0 Å². The van der Waals surface area contributed by atoms with Crippen LogP contribution in [0.1, 0.15) is 37.8 Å². The first-order valence-electron chi connectivity index (χ1n) is 8.22. The highest BCUT2D eigenvalue weighted by atomic mass is 15.2. The molecule has 2 nitrogen and oxygen atoms in total. The monoisotopic (exact) mass is 282 g/mol. The van der Waals surface area contributed by atoms with Gasteiger partial charge in [-0.3, -0.25) is 4.90 Å². The number of hydrogen-bond donors (Lipinski definition) is 1. The van der Waals surface area contributed by atoms with Gasteiger partial charge in [-0.1, -0.05) is 49.4 Å². The first kappa shape index (κ1) is 14.6. The fourth-order valence-corrected chi connectivity index (χ4v) is 3.28. The summed E-state index contributed by atoms with van der Waals surface area (Å²) in [5.74, 6) is 0. The van der Waals surface area contributed by atoms with Gasteiger partial charge in [0.05, 0.1) is 0 Å². The molecule has 112 valence electrons. The molecule has 0 bridgehead atoms. The Kier molecular flexibility index (Phi) is 4.57. The minimum absolute atomic E-state index is 0.406. The summed E-state index contributed by atoms with van der Waals surface area (Å²) in [7, 11) is 2.09. The van der Waals surface area contributed by atoms with E-state index in [0.717, 1.165) is 12.6 Å². The van der Waals surface area contributed by atoms with E-state index in [1.165, 1.54) is 42.1 Å².